The van der Waals surface area contributed by atoms with Crippen LogP contribution in [0.2, 0.25) is 0 Å². The lowest BCUT2D eigenvalue weighted by molar-refractivity contribution is 0.0798. The zero-order chi connectivity index (χ0) is 12.8. The minimum atomic E-state index is -1.16. The van der Waals surface area contributed by atoms with Crippen LogP contribution in [0.15, 0.2) is 30.3 Å². The van der Waals surface area contributed by atoms with Crippen LogP contribution in [-0.4, -0.2) is 18.4 Å². The molecule has 0 bridgehead atoms. The van der Waals surface area contributed by atoms with E-state index in [9.17, 15) is 5.02 Å². The molecule has 1 saturated carbocycles. The molecule has 0 aromatic heterocycles. The van der Waals surface area contributed by atoms with Gasteiger partial charge in [0.25, 0.3) is 0 Å². The largest absolute Gasteiger partial charge is 0.710 e. The maximum atomic E-state index is 9.73. The maximum Gasteiger partial charge on any atom is 0.710 e. The van der Waals surface area contributed by atoms with E-state index in [1.165, 1.54) is 19.3 Å². The van der Waals surface area contributed by atoms with Gasteiger partial charge in [-0.15, -0.1) is 0 Å². The Bertz CT molecular complexity index is 336. The summed E-state index contributed by atoms with van der Waals surface area (Å²) in [6.45, 7) is 2.24. The molecule has 0 amide bonds. The molecule has 1 N–H and O–H groups in total. The highest BCUT2D eigenvalue weighted by atomic mass is 16.7. The van der Waals surface area contributed by atoms with Gasteiger partial charge in [-0.05, 0) is 43.7 Å². The van der Waals surface area contributed by atoms with Crippen molar-refractivity contribution < 1.29 is 14.3 Å². The van der Waals surface area contributed by atoms with E-state index in [0.717, 1.165) is 18.8 Å². The third-order valence-electron chi connectivity index (χ3n) is 3.66. The molecule has 98 valence electrons. The monoisotopic (exact) mass is 248 g/mol. The van der Waals surface area contributed by atoms with Crippen LogP contribution in [0.25, 0.3) is 0 Å². The molecule has 3 nitrogen and oxygen atoms in total. The van der Waals surface area contributed by atoms with Crippen molar-refractivity contribution in [3.8, 4) is 5.75 Å². The molecule has 1 aromatic rings. The second kappa shape index (κ2) is 6.81. The highest BCUT2D eigenvalue weighted by molar-refractivity contribution is 6.35. The fourth-order valence-electron chi connectivity index (χ4n) is 2.48. The first-order chi connectivity index (χ1) is 8.78. The van der Waals surface area contributed by atoms with Crippen LogP contribution in [0.5, 0.6) is 5.75 Å². The van der Waals surface area contributed by atoms with Crippen LogP contribution in [0.1, 0.15) is 39.0 Å². The first kappa shape index (κ1) is 13.4. The Kier molecular flexibility index (Phi) is 5.08. The lowest BCUT2D eigenvalue weighted by Crippen LogP contribution is -2.34. The number of benzene rings is 1. The van der Waals surface area contributed by atoms with Crippen molar-refractivity contribution in [3.05, 3.63) is 30.3 Å². The molecule has 1 aliphatic rings. The van der Waals surface area contributed by atoms with Gasteiger partial charge in [-0.3, -0.25) is 0 Å². The Morgan fingerprint density at radius 1 is 1.17 bits per heavy atom. The minimum absolute atomic E-state index is 0.131. The quantitative estimate of drug-likeness (QED) is 0.814. The second-order valence-electron chi connectivity index (χ2n) is 4.93. The average molecular weight is 248 g/mol. The first-order valence-electron chi connectivity index (χ1n) is 6.83. The highest BCUT2D eigenvalue weighted by Gasteiger charge is 2.27. The van der Waals surface area contributed by atoms with Crippen molar-refractivity contribution in [3.63, 3.8) is 0 Å². The van der Waals surface area contributed by atoms with Crippen LogP contribution in [0.4, 0.5) is 0 Å². The van der Waals surface area contributed by atoms with E-state index in [-0.39, 0.29) is 6.10 Å². The molecule has 4 heteroatoms. The van der Waals surface area contributed by atoms with Crippen LogP contribution >= 0.6 is 0 Å². The van der Waals surface area contributed by atoms with E-state index in [4.69, 9.17) is 9.31 Å². The summed E-state index contributed by atoms with van der Waals surface area (Å²) < 4.78 is 10.8. The molecule has 1 aliphatic carbocycles. The van der Waals surface area contributed by atoms with Crippen molar-refractivity contribution in [1.29, 1.82) is 0 Å². The SMILES string of the molecule is CCC1CCC(OB(O)Oc2ccccc2)CC1. The summed E-state index contributed by atoms with van der Waals surface area (Å²) in [7, 11) is -1.16. The van der Waals surface area contributed by atoms with Gasteiger partial charge in [0.1, 0.15) is 5.75 Å². The van der Waals surface area contributed by atoms with Crippen molar-refractivity contribution in [1.82, 2.24) is 0 Å². The van der Waals surface area contributed by atoms with Crippen molar-refractivity contribution in [2.45, 2.75) is 45.1 Å². The number of hydrogen-bond acceptors (Lipinski definition) is 3. The minimum Gasteiger partial charge on any atom is -0.512 e. The zero-order valence-corrected chi connectivity index (χ0v) is 10.9. The zero-order valence-electron chi connectivity index (χ0n) is 10.9. The third-order valence-corrected chi connectivity index (χ3v) is 3.66. The van der Waals surface area contributed by atoms with Gasteiger partial charge in [0.15, 0.2) is 0 Å². The van der Waals surface area contributed by atoms with Crippen LogP contribution in [0, 0.1) is 5.92 Å². The Morgan fingerprint density at radius 2 is 1.83 bits per heavy atom. The molecule has 0 radical (unpaired) electrons. The smallest absolute Gasteiger partial charge is 0.512 e. The normalized spacial score (nSPS) is 23.7. The predicted octanol–water partition coefficient (Wildman–Crippen LogP) is 3.03. The van der Waals surface area contributed by atoms with E-state index in [0.29, 0.717) is 5.75 Å². The van der Waals surface area contributed by atoms with Crippen molar-refractivity contribution in [2.24, 2.45) is 5.92 Å². The number of rotatable bonds is 5. The fourth-order valence-corrected chi connectivity index (χ4v) is 2.48. The number of hydrogen-bond donors (Lipinski definition) is 1. The lowest BCUT2D eigenvalue weighted by Gasteiger charge is -2.28. The summed E-state index contributed by atoms with van der Waals surface area (Å²) in [5, 5.41) is 9.73. The van der Waals surface area contributed by atoms with Crippen LogP contribution in [-0.2, 0) is 4.65 Å². The molecule has 1 fully saturated rings. The van der Waals surface area contributed by atoms with Gasteiger partial charge in [-0.2, -0.15) is 0 Å². The van der Waals surface area contributed by atoms with E-state index in [2.05, 4.69) is 6.92 Å². The molecule has 1 aromatic carbocycles. The fraction of sp³-hybridized carbons (Fsp3) is 0.571. The van der Waals surface area contributed by atoms with Gasteiger partial charge < -0.3 is 14.3 Å². The second-order valence-corrected chi connectivity index (χ2v) is 4.93. The van der Waals surface area contributed by atoms with Gasteiger partial charge in [0, 0.05) is 6.10 Å². The highest BCUT2D eigenvalue weighted by Crippen LogP contribution is 2.28. The standard InChI is InChI=1S/C14H21BO3/c1-2-12-8-10-14(11-9-12)18-15(16)17-13-6-4-3-5-7-13/h3-7,12,14,16H,2,8-11H2,1H3. The Balaban J connectivity index is 1.73. The van der Waals surface area contributed by atoms with Crippen LogP contribution in [0.3, 0.4) is 0 Å². The summed E-state index contributed by atoms with van der Waals surface area (Å²) in [4.78, 5) is 0. The summed E-state index contributed by atoms with van der Waals surface area (Å²) in [5.74, 6) is 1.46. The Hall–Kier alpha value is -0.995. The molecular formula is C14H21BO3. The lowest BCUT2D eigenvalue weighted by atomic mass is 9.85. The Morgan fingerprint density at radius 3 is 2.44 bits per heavy atom. The molecular weight excluding hydrogens is 227 g/mol. The molecule has 0 heterocycles. The van der Waals surface area contributed by atoms with Gasteiger partial charge >= 0.3 is 7.32 Å². The van der Waals surface area contributed by atoms with Gasteiger partial charge in [0.2, 0.25) is 0 Å². The molecule has 0 atom stereocenters. The summed E-state index contributed by atoms with van der Waals surface area (Å²) in [6, 6.07) is 9.26. The summed E-state index contributed by atoms with van der Waals surface area (Å²) >= 11 is 0. The topological polar surface area (TPSA) is 38.7 Å². The molecule has 0 unspecified atom stereocenters. The molecule has 18 heavy (non-hydrogen) atoms. The van der Waals surface area contributed by atoms with Gasteiger partial charge in [-0.1, -0.05) is 31.5 Å². The van der Waals surface area contributed by atoms with Gasteiger partial charge in [-0.25, -0.2) is 0 Å². The summed E-state index contributed by atoms with van der Waals surface area (Å²) in [6.07, 6.45) is 5.81. The van der Waals surface area contributed by atoms with Crippen molar-refractivity contribution in [2.75, 3.05) is 0 Å². The van der Waals surface area contributed by atoms with E-state index >= 15 is 0 Å². The molecule has 0 saturated heterocycles. The maximum absolute atomic E-state index is 9.73. The van der Waals surface area contributed by atoms with Crippen LogP contribution < -0.4 is 4.65 Å². The van der Waals surface area contributed by atoms with E-state index < -0.39 is 7.32 Å². The van der Waals surface area contributed by atoms with E-state index in [1.807, 2.05) is 18.2 Å². The molecule has 0 aliphatic heterocycles. The summed E-state index contributed by atoms with van der Waals surface area (Å²) in [5.41, 5.74) is 0. The molecule has 2 rings (SSSR count). The van der Waals surface area contributed by atoms with E-state index in [1.54, 1.807) is 12.1 Å². The first-order valence-corrected chi connectivity index (χ1v) is 6.83. The van der Waals surface area contributed by atoms with Crippen molar-refractivity contribution >= 4 is 7.32 Å². The third kappa shape index (κ3) is 4.04. The number of para-hydroxylation sites is 1. The average Bonchev–Trinajstić information content (AvgIpc) is 2.40. The Labute approximate surface area is 109 Å². The molecule has 0 spiro atoms. The van der Waals surface area contributed by atoms with Gasteiger partial charge in [0.05, 0.1) is 0 Å². The predicted molar refractivity (Wildman–Crippen MR) is 72.2 cm³/mol.